The van der Waals surface area contributed by atoms with Crippen molar-refractivity contribution in [2.75, 3.05) is 26.2 Å². The normalized spacial score (nSPS) is 15.8. The molecule has 0 unspecified atom stereocenters. The van der Waals surface area contributed by atoms with Crippen LogP contribution in [0.25, 0.3) is 6.08 Å². The Bertz CT molecular complexity index is 1240. The Kier molecular flexibility index (Phi) is 6.65. The summed E-state index contributed by atoms with van der Waals surface area (Å²) < 4.78 is 16.3. The molecule has 1 aromatic heterocycles. The lowest BCUT2D eigenvalue weighted by molar-refractivity contribution is -0.117. The molecular weight excluding hydrogens is 456 g/mol. The third-order valence-corrected chi connectivity index (χ3v) is 6.10. The number of benzene rings is 2. The van der Waals surface area contributed by atoms with Gasteiger partial charge >= 0.3 is 0 Å². The summed E-state index contributed by atoms with van der Waals surface area (Å²) in [5.74, 6) is -0.791. The molecular formula is C25H22N2O6S. The molecule has 0 saturated carbocycles. The van der Waals surface area contributed by atoms with Crippen LogP contribution >= 0.6 is 11.3 Å². The minimum absolute atomic E-state index is 0.0679. The first kappa shape index (κ1) is 23.1. The predicted octanol–water partition coefficient (Wildman–Crippen LogP) is 4.35. The average molecular weight is 479 g/mol. The molecule has 0 saturated heterocycles. The van der Waals surface area contributed by atoms with E-state index in [1.165, 1.54) is 43.6 Å². The van der Waals surface area contributed by atoms with Crippen LogP contribution in [0.15, 0.2) is 71.4 Å². The van der Waals surface area contributed by atoms with Crippen LogP contribution in [0.1, 0.15) is 17.2 Å². The second-order valence-electron chi connectivity index (χ2n) is 7.22. The summed E-state index contributed by atoms with van der Waals surface area (Å²) in [5.41, 5.74) is 1.22. The number of aromatic nitrogens is 1. The molecule has 0 radical (unpaired) electrons. The van der Waals surface area contributed by atoms with E-state index in [1.54, 1.807) is 29.8 Å². The first-order chi connectivity index (χ1) is 16.5. The highest BCUT2D eigenvalue weighted by Gasteiger charge is 2.45. The van der Waals surface area contributed by atoms with E-state index in [2.05, 4.69) is 4.98 Å². The van der Waals surface area contributed by atoms with Crippen LogP contribution in [0.2, 0.25) is 0 Å². The summed E-state index contributed by atoms with van der Waals surface area (Å²) in [6.45, 7) is 0. The van der Waals surface area contributed by atoms with Gasteiger partial charge < -0.3 is 19.3 Å². The van der Waals surface area contributed by atoms with Gasteiger partial charge in [-0.3, -0.25) is 14.5 Å². The molecule has 1 aliphatic rings. The zero-order chi connectivity index (χ0) is 24.2. The quantitative estimate of drug-likeness (QED) is 0.481. The van der Waals surface area contributed by atoms with Crippen molar-refractivity contribution in [3.8, 4) is 17.2 Å². The van der Waals surface area contributed by atoms with Crippen LogP contribution in [0.5, 0.6) is 17.2 Å². The largest absolute Gasteiger partial charge is 0.503 e. The van der Waals surface area contributed by atoms with Crippen LogP contribution in [-0.2, 0) is 9.59 Å². The molecule has 0 fully saturated rings. The fraction of sp³-hybridized carbons (Fsp3) is 0.160. The molecule has 0 bridgehead atoms. The van der Waals surface area contributed by atoms with E-state index in [1.807, 2.05) is 30.3 Å². The predicted molar refractivity (Wildman–Crippen MR) is 129 cm³/mol. The van der Waals surface area contributed by atoms with Crippen molar-refractivity contribution in [1.82, 2.24) is 4.98 Å². The number of amides is 1. The van der Waals surface area contributed by atoms with Crippen molar-refractivity contribution >= 4 is 34.2 Å². The van der Waals surface area contributed by atoms with Crippen molar-refractivity contribution in [3.63, 3.8) is 0 Å². The van der Waals surface area contributed by atoms with E-state index < -0.39 is 23.5 Å². The lowest BCUT2D eigenvalue weighted by Gasteiger charge is -2.25. The zero-order valence-corrected chi connectivity index (χ0v) is 19.5. The smallest absolute Gasteiger partial charge is 0.296 e. The number of hydrogen-bond acceptors (Lipinski definition) is 8. The molecule has 174 valence electrons. The van der Waals surface area contributed by atoms with Gasteiger partial charge in [0, 0.05) is 11.6 Å². The molecule has 2 heterocycles. The Labute approximate surface area is 200 Å². The number of anilines is 1. The lowest BCUT2D eigenvalue weighted by Crippen LogP contribution is -2.30. The number of aliphatic hydroxyl groups excluding tert-OH is 1. The molecule has 8 nitrogen and oxygen atoms in total. The summed E-state index contributed by atoms with van der Waals surface area (Å²) in [5, 5.41) is 12.9. The van der Waals surface area contributed by atoms with E-state index in [4.69, 9.17) is 14.2 Å². The van der Waals surface area contributed by atoms with E-state index in [-0.39, 0.29) is 5.57 Å². The first-order valence-corrected chi connectivity index (χ1v) is 11.1. The molecule has 1 aliphatic heterocycles. The second kappa shape index (κ2) is 9.80. The van der Waals surface area contributed by atoms with E-state index in [0.29, 0.717) is 27.9 Å². The number of aliphatic hydroxyl groups is 1. The zero-order valence-electron chi connectivity index (χ0n) is 18.7. The van der Waals surface area contributed by atoms with E-state index in [0.717, 1.165) is 5.56 Å². The Morgan fingerprint density at radius 1 is 1.09 bits per heavy atom. The number of methoxy groups -OCH3 is 3. The Hall–Kier alpha value is -4.11. The summed E-state index contributed by atoms with van der Waals surface area (Å²) in [6.07, 6.45) is 4.52. The number of carbonyl (C=O) groups is 2. The lowest BCUT2D eigenvalue weighted by atomic mass is 9.95. The summed E-state index contributed by atoms with van der Waals surface area (Å²) in [7, 11) is 4.43. The third-order valence-electron chi connectivity index (χ3n) is 5.33. The molecule has 34 heavy (non-hydrogen) atoms. The van der Waals surface area contributed by atoms with Gasteiger partial charge in [0.2, 0.25) is 5.75 Å². The van der Waals surface area contributed by atoms with Crippen LogP contribution < -0.4 is 19.1 Å². The highest BCUT2D eigenvalue weighted by molar-refractivity contribution is 7.13. The number of ketones is 1. The Balaban J connectivity index is 1.85. The van der Waals surface area contributed by atoms with Crippen molar-refractivity contribution in [1.29, 1.82) is 0 Å². The minimum atomic E-state index is -0.958. The molecule has 0 spiro atoms. The van der Waals surface area contributed by atoms with E-state index >= 15 is 0 Å². The van der Waals surface area contributed by atoms with Gasteiger partial charge in [0.25, 0.3) is 5.91 Å². The van der Waals surface area contributed by atoms with E-state index in [9.17, 15) is 14.7 Å². The Morgan fingerprint density at radius 2 is 1.76 bits per heavy atom. The first-order valence-electron chi connectivity index (χ1n) is 10.2. The fourth-order valence-electron chi connectivity index (χ4n) is 3.79. The van der Waals surface area contributed by atoms with Gasteiger partial charge in [0.1, 0.15) is 0 Å². The van der Waals surface area contributed by atoms with Gasteiger partial charge in [-0.05, 0) is 29.3 Å². The molecule has 9 heteroatoms. The molecule has 1 amide bonds. The topological polar surface area (TPSA) is 98.2 Å². The number of thiazole rings is 1. The third kappa shape index (κ3) is 4.13. The highest BCUT2D eigenvalue weighted by atomic mass is 32.1. The number of nitrogens with zero attached hydrogens (tertiary/aromatic N) is 2. The number of ether oxygens (including phenoxy) is 3. The summed E-state index contributed by atoms with van der Waals surface area (Å²) >= 11 is 1.22. The number of allylic oxidation sites excluding steroid dienone is 1. The molecule has 0 aliphatic carbocycles. The van der Waals surface area contributed by atoms with Crippen molar-refractivity contribution in [3.05, 3.63) is 82.6 Å². The molecule has 1 atom stereocenters. The Morgan fingerprint density at radius 3 is 2.32 bits per heavy atom. The molecule has 3 aromatic rings. The fourth-order valence-corrected chi connectivity index (χ4v) is 4.46. The monoisotopic (exact) mass is 478 g/mol. The van der Waals surface area contributed by atoms with Gasteiger partial charge in [0.05, 0.1) is 32.9 Å². The standard InChI is InChI=1S/C25H22N2O6S/c1-31-18-13-16(14-19(32-2)23(18)33-3)21-20(17(28)10-9-15-7-5-4-6-8-15)22(29)24(30)27(21)25-26-11-12-34-25/h4-14,21,29H,1-3H3/b10-9+/t21-/m0/s1. The van der Waals surface area contributed by atoms with Crippen molar-refractivity contribution < 1.29 is 28.9 Å². The maximum Gasteiger partial charge on any atom is 0.296 e. The second-order valence-corrected chi connectivity index (χ2v) is 8.09. The molecule has 4 rings (SSSR count). The average Bonchev–Trinajstić information content (AvgIpc) is 3.48. The van der Waals surface area contributed by atoms with Crippen LogP contribution in [0.4, 0.5) is 5.13 Å². The maximum atomic E-state index is 13.3. The molecule has 2 aromatic carbocycles. The van der Waals surface area contributed by atoms with Gasteiger partial charge in [-0.25, -0.2) is 4.98 Å². The van der Waals surface area contributed by atoms with Gasteiger partial charge in [0.15, 0.2) is 28.2 Å². The van der Waals surface area contributed by atoms with Crippen molar-refractivity contribution in [2.24, 2.45) is 0 Å². The van der Waals surface area contributed by atoms with Crippen LogP contribution in [0, 0.1) is 0 Å². The highest BCUT2D eigenvalue weighted by Crippen LogP contribution is 2.46. The minimum Gasteiger partial charge on any atom is -0.503 e. The number of carbonyl (C=O) groups excluding carboxylic acids is 2. The van der Waals surface area contributed by atoms with Gasteiger partial charge in [-0.2, -0.15) is 0 Å². The summed E-state index contributed by atoms with van der Waals surface area (Å²) in [6, 6.07) is 11.6. The number of rotatable bonds is 8. The van der Waals surface area contributed by atoms with Crippen LogP contribution in [0.3, 0.4) is 0 Å². The van der Waals surface area contributed by atoms with Crippen LogP contribution in [-0.4, -0.2) is 43.1 Å². The van der Waals surface area contributed by atoms with Gasteiger partial charge in [-0.1, -0.05) is 36.4 Å². The SMILES string of the molecule is COc1cc([C@H]2C(C(=O)/C=C/c3ccccc3)=C(O)C(=O)N2c2nccs2)cc(OC)c1OC. The summed E-state index contributed by atoms with van der Waals surface area (Å²) in [4.78, 5) is 32.0. The van der Waals surface area contributed by atoms with Crippen molar-refractivity contribution in [2.45, 2.75) is 6.04 Å². The number of hydrogen-bond donors (Lipinski definition) is 1. The maximum absolute atomic E-state index is 13.3. The van der Waals surface area contributed by atoms with Gasteiger partial charge in [-0.15, -0.1) is 11.3 Å². The molecule has 1 N–H and O–H groups in total.